The molecule has 100 valence electrons. The molecule has 0 bridgehead atoms. The molecule has 5 heteroatoms. The maximum absolute atomic E-state index is 13.8. The van der Waals surface area contributed by atoms with Gasteiger partial charge >= 0.3 is 0 Å². The first-order valence-corrected chi connectivity index (χ1v) is 6.98. The molecule has 0 fully saturated rings. The normalized spacial score (nSPS) is 19.0. The van der Waals surface area contributed by atoms with Gasteiger partial charge in [-0.2, -0.15) is 4.39 Å². The van der Waals surface area contributed by atoms with Crippen LogP contribution < -0.4 is 10.1 Å². The summed E-state index contributed by atoms with van der Waals surface area (Å²) in [4.78, 5) is 0. The van der Waals surface area contributed by atoms with E-state index in [4.69, 9.17) is 4.74 Å². The Balaban J connectivity index is 2.43. The Bertz CT molecular complexity index is 439. The molecule has 1 heterocycles. The standard InChI is InChI=1S/C13H16BrF2NO/c1-2-5-17-10-4-3-6-18-13-11(10)8(14)7-9(15)12(13)16/h7,10,17H,2-6H2,1H3. The highest BCUT2D eigenvalue weighted by molar-refractivity contribution is 9.10. The van der Waals surface area contributed by atoms with Crippen LogP contribution in [0, 0.1) is 11.6 Å². The van der Waals surface area contributed by atoms with Crippen LogP contribution in [0.1, 0.15) is 37.8 Å². The number of benzene rings is 1. The van der Waals surface area contributed by atoms with Crippen molar-refractivity contribution in [1.82, 2.24) is 5.32 Å². The smallest absolute Gasteiger partial charge is 0.201 e. The Morgan fingerprint density at radius 2 is 2.28 bits per heavy atom. The van der Waals surface area contributed by atoms with E-state index >= 15 is 0 Å². The average Bonchev–Trinajstić information content (AvgIpc) is 2.56. The lowest BCUT2D eigenvalue weighted by Gasteiger charge is -2.20. The zero-order chi connectivity index (χ0) is 13.1. The highest BCUT2D eigenvalue weighted by atomic mass is 79.9. The molecule has 2 rings (SSSR count). The SMILES string of the molecule is CCCNC1CCCOc2c(F)c(F)cc(Br)c21. The van der Waals surface area contributed by atoms with Gasteiger partial charge in [0.15, 0.2) is 11.6 Å². The van der Waals surface area contributed by atoms with Gasteiger partial charge in [0.2, 0.25) is 5.82 Å². The molecule has 0 aliphatic carbocycles. The van der Waals surface area contributed by atoms with Gasteiger partial charge in [-0.25, -0.2) is 4.39 Å². The quantitative estimate of drug-likeness (QED) is 0.852. The molecule has 1 aromatic rings. The third-order valence-electron chi connectivity index (χ3n) is 3.04. The first-order chi connectivity index (χ1) is 8.65. The van der Waals surface area contributed by atoms with E-state index in [1.807, 2.05) is 0 Å². The minimum absolute atomic E-state index is 0.00641. The van der Waals surface area contributed by atoms with Crippen molar-refractivity contribution >= 4 is 15.9 Å². The largest absolute Gasteiger partial charge is 0.490 e. The molecule has 1 aromatic carbocycles. The second-order valence-electron chi connectivity index (χ2n) is 4.39. The van der Waals surface area contributed by atoms with E-state index in [2.05, 4.69) is 28.2 Å². The fraction of sp³-hybridized carbons (Fsp3) is 0.538. The fourth-order valence-corrected chi connectivity index (χ4v) is 2.84. The van der Waals surface area contributed by atoms with Crippen molar-refractivity contribution in [3.8, 4) is 5.75 Å². The number of hydrogen-bond acceptors (Lipinski definition) is 2. The third kappa shape index (κ3) is 2.67. The molecule has 0 saturated heterocycles. The van der Waals surface area contributed by atoms with Gasteiger partial charge in [-0.15, -0.1) is 0 Å². The zero-order valence-corrected chi connectivity index (χ0v) is 11.8. The van der Waals surface area contributed by atoms with Crippen LogP contribution in [0.5, 0.6) is 5.75 Å². The second kappa shape index (κ2) is 5.97. The first kappa shape index (κ1) is 13.7. The van der Waals surface area contributed by atoms with Gasteiger partial charge in [-0.05, 0) is 31.9 Å². The minimum Gasteiger partial charge on any atom is -0.490 e. The van der Waals surface area contributed by atoms with Crippen molar-refractivity contribution in [2.75, 3.05) is 13.2 Å². The van der Waals surface area contributed by atoms with Crippen LogP contribution in [0.15, 0.2) is 10.5 Å². The monoisotopic (exact) mass is 319 g/mol. The highest BCUT2D eigenvalue weighted by Gasteiger charge is 2.27. The van der Waals surface area contributed by atoms with Crippen molar-refractivity contribution in [2.45, 2.75) is 32.2 Å². The lowest BCUT2D eigenvalue weighted by molar-refractivity contribution is 0.295. The Labute approximate surface area is 114 Å². The predicted octanol–water partition coefficient (Wildman–Crippen LogP) is 3.94. The number of hydrogen-bond donors (Lipinski definition) is 1. The van der Waals surface area contributed by atoms with Crippen LogP contribution in [-0.4, -0.2) is 13.2 Å². The number of ether oxygens (including phenoxy) is 1. The average molecular weight is 320 g/mol. The van der Waals surface area contributed by atoms with E-state index in [1.165, 1.54) is 6.07 Å². The molecule has 1 aliphatic rings. The molecule has 1 atom stereocenters. The van der Waals surface area contributed by atoms with Gasteiger partial charge < -0.3 is 10.1 Å². The lowest BCUT2D eigenvalue weighted by atomic mass is 10.0. The Hall–Kier alpha value is -0.680. The van der Waals surface area contributed by atoms with Gasteiger partial charge in [-0.1, -0.05) is 22.9 Å². The van der Waals surface area contributed by atoms with E-state index in [-0.39, 0.29) is 11.8 Å². The molecule has 0 radical (unpaired) electrons. The van der Waals surface area contributed by atoms with E-state index in [0.717, 1.165) is 25.8 Å². The Morgan fingerprint density at radius 1 is 1.50 bits per heavy atom. The maximum Gasteiger partial charge on any atom is 0.201 e. The third-order valence-corrected chi connectivity index (χ3v) is 3.69. The summed E-state index contributed by atoms with van der Waals surface area (Å²) in [5, 5.41) is 3.36. The molecule has 18 heavy (non-hydrogen) atoms. The predicted molar refractivity (Wildman–Crippen MR) is 69.8 cm³/mol. The molecule has 1 aliphatic heterocycles. The molecule has 2 nitrogen and oxygen atoms in total. The maximum atomic E-state index is 13.8. The van der Waals surface area contributed by atoms with E-state index < -0.39 is 11.6 Å². The van der Waals surface area contributed by atoms with Gasteiger partial charge in [0.05, 0.1) is 6.61 Å². The molecular weight excluding hydrogens is 304 g/mol. The van der Waals surface area contributed by atoms with Crippen molar-refractivity contribution in [2.24, 2.45) is 0 Å². The molecule has 0 saturated carbocycles. The fourth-order valence-electron chi connectivity index (χ4n) is 2.18. The number of halogens is 3. The Kier molecular flexibility index (Phi) is 4.56. The summed E-state index contributed by atoms with van der Waals surface area (Å²) < 4.78 is 33.1. The summed E-state index contributed by atoms with van der Waals surface area (Å²) in [5.74, 6) is -1.72. The second-order valence-corrected chi connectivity index (χ2v) is 5.25. The highest BCUT2D eigenvalue weighted by Crippen LogP contribution is 2.39. The first-order valence-electron chi connectivity index (χ1n) is 6.18. The topological polar surface area (TPSA) is 21.3 Å². The van der Waals surface area contributed by atoms with Crippen molar-refractivity contribution < 1.29 is 13.5 Å². The molecule has 0 aromatic heterocycles. The van der Waals surface area contributed by atoms with Gasteiger partial charge in [0.1, 0.15) is 0 Å². The van der Waals surface area contributed by atoms with Crippen LogP contribution in [0.25, 0.3) is 0 Å². The molecule has 1 N–H and O–H groups in total. The lowest BCUT2D eigenvalue weighted by Crippen LogP contribution is -2.22. The van der Waals surface area contributed by atoms with E-state index in [0.29, 0.717) is 16.6 Å². The van der Waals surface area contributed by atoms with Crippen LogP contribution in [-0.2, 0) is 0 Å². The van der Waals surface area contributed by atoms with E-state index in [9.17, 15) is 8.78 Å². The van der Waals surface area contributed by atoms with Crippen molar-refractivity contribution in [1.29, 1.82) is 0 Å². The number of nitrogens with one attached hydrogen (secondary N) is 1. The van der Waals surface area contributed by atoms with Gasteiger partial charge in [0, 0.05) is 16.1 Å². The van der Waals surface area contributed by atoms with Crippen molar-refractivity contribution in [3.05, 3.63) is 27.7 Å². The molecule has 0 amide bonds. The summed E-state index contributed by atoms with van der Waals surface area (Å²) in [6.07, 6.45) is 2.67. The van der Waals surface area contributed by atoms with Crippen LogP contribution in [0.2, 0.25) is 0 Å². The summed E-state index contributed by atoms with van der Waals surface area (Å²) in [6.45, 7) is 3.33. The molecule has 1 unspecified atom stereocenters. The summed E-state index contributed by atoms with van der Waals surface area (Å²) in [5.41, 5.74) is 0.694. The number of rotatable bonds is 3. The van der Waals surface area contributed by atoms with E-state index in [1.54, 1.807) is 0 Å². The van der Waals surface area contributed by atoms with Crippen LogP contribution in [0.4, 0.5) is 8.78 Å². The minimum atomic E-state index is -0.890. The van der Waals surface area contributed by atoms with Crippen molar-refractivity contribution in [3.63, 3.8) is 0 Å². The summed E-state index contributed by atoms with van der Waals surface area (Å²) in [6, 6.07) is 1.18. The van der Waals surface area contributed by atoms with Crippen LogP contribution >= 0.6 is 15.9 Å². The zero-order valence-electron chi connectivity index (χ0n) is 10.2. The van der Waals surface area contributed by atoms with Gasteiger partial charge in [0.25, 0.3) is 0 Å². The van der Waals surface area contributed by atoms with Gasteiger partial charge in [-0.3, -0.25) is 0 Å². The summed E-state index contributed by atoms with van der Waals surface area (Å²) in [7, 11) is 0. The summed E-state index contributed by atoms with van der Waals surface area (Å²) >= 11 is 3.31. The molecule has 0 spiro atoms. The Morgan fingerprint density at radius 3 is 3.00 bits per heavy atom. The molecular formula is C13H16BrF2NO. The van der Waals surface area contributed by atoms with Crippen LogP contribution in [0.3, 0.4) is 0 Å². The number of fused-ring (bicyclic) bond motifs is 1.